The zero-order valence-electron chi connectivity index (χ0n) is 17.8. The fraction of sp³-hybridized carbons (Fsp3) is 0.600. The monoisotopic (exact) mass is 506 g/mol. The van der Waals surface area contributed by atoms with Crippen LogP contribution in [0.5, 0.6) is 5.75 Å². The molecule has 0 atom stereocenters. The van der Waals surface area contributed by atoms with Crippen LogP contribution in [0.25, 0.3) is 0 Å². The van der Waals surface area contributed by atoms with Crippen molar-refractivity contribution < 1.29 is 14.3 Å². The molecule has 0 radical (unpaired) electrons. The topological polar surface area (TPSA) is 84.0 Å². The average molecular weight is 506 g/mol. The number of halogens is 1. The molecule has 0 aliphatic heterocycles. The molecule has 0 spiro atoms. The van der Waals surface area contributed by atoms with Crippen molar-refractivity contribution in [1.29, 1.82) is 0 Å². The number of rotatable bonds is 9. The Morgan fingerprint density at radius 1 is 1.18 bits per heavy atom. The van der Waals surface area contributed by atoms with Crippen LogP contribution in [0.1, 0.15) is 38.8 Å². The van der Waals surface area contributed by atoms with Gasteiger partial charge in [-0.15, -0.1) is 24.0 Å². The number of amides is 1. The van der Waals surface area contributed by atoms with Crippen molar-refractivity contribution in [3.63, 3.8) is 0 Å². The summed E-state index contributed by atoms with van der Waals surface area (Å²) in [4.78, 5) is 16.6. The molecule has 8 heteroatoms. The Morgan fingerprint density at radius 2 is 1.89 bits per heavy atom. The molecule has 0 aliphatic rings. The second-order valence-electron chi connectivity index (χ2n) is 7.30. The second kappa shape index (κ2) is 13.6. The van der Waals surface area contributed by atoms with Gasteiger partial charge in [-0.3, -0.25) is 4.79 Å². The molecule has 160 valence electrons. The van der Waals surface area contributed by atoms with E-state index in [1.54, 1.807) is 7.11 Å². The van der Waals surface area contributed by atoms with E-state index in [2.05, 4.69) is 20.9 Å². The molecule has 1 aromatic rings. The van der Waals surface area contributed by atoms with Crippen molar-refractivity contribution in [3.05, 3.63) is 29.3 Å². The van der Waals surface area contributed by atoms with Crippen LogP contribution in [0.3, 0.4) is 0 Å². The summed E-state index contributed by atoms with van der Waals surface area (Å²) in [6.07, 6.45) is 0. The molecule has 0 aromatic heterocycles. The van der Waals surface area contributed by atoms with Crippen molar-refractivity contribution >= 4 is 35.8 Å². The summed E-state index contributed by atoms with van der Waals surface area (Å²) >= 11 is 0. The number of aryl methyl sites for hydroxylation is 1. The first-order valence-corrected chi connectivity index (χ1v) is 9.29. The molecule has 28 heavy (non-hydrogen) atoms. The van der Waals surface area contributed by atoms with Crippen molar-refractivity contribution in [2.75, 3.05) is 33.4 Å². The van der Waals surface area contributed by atoms with Crippen molar-refractivity contribution in [2.24, 2.45) is 4.99 Å². The fourth-order valence-corrected chi connectivity index (χ4v) is 2.29. The van der Waals surface area contributed by atoms with Gasteiger partial charge in [0.2, 0.25) is 5.91 Å². The number of carbonyl (C=O) groups is 1. The van der Waals surface area contributed by atoms with Crippen LogP contribution in [0.4, 0.5) is 0 Å². The molecule has 1 rings (SSSR count). The SMILES string of the molecule is CCNC(=NCc1ccc(C)cc1OCCOC)NCC(=O)NC(C)(C)C.I. The van der Waals surface area contributed by atoms with Crippen molar-refractivity contribution in [3.8, 4) is 5.75 Å². The lowest BCUT2D eigenvalue weighted by atomic mass is 10.1. The Morgan fingerprint density at radius 3 is 2.50 bits per heavy atom. The van der Waals surface area contributed by atoms with E-state index in [-0.39, 0.29) is 42.0 Å². The van der Waals surface area contributed by atoms with Gasteiger partial charge >= 0.3 is 0 Å². The summed E-state index contributed by atoms with van der Waals surface area (Å²) in [5, 5.41) is 9.13. The zero-order chi connectivity index (χ0) is 20.3. The Balaban J connectivity index is 0.00000729. The van der Waals surface area contributed by atoms with E-state index in [4.69, 9.17) is 9.47 Å². The molecule has 1 amide bonds. The molecular weight excluding hydrogens is 471 g/mol. The average Bonchev–Trinajstić information content (AvgIpc) is 2.57. The summed E-state index contributed by atoms with van der Waals surface area (Å²) in [7, 11) is 1.65. The molecule has 0 unspecified atom stereocenters. The number of hydrogen-bond acceptors (Lipinski definition) is 4. The van der Waals surface area contributed by atoms with Gasteiger partial charge in [0.05, 0.1) is 19.7 Å². The third-order valence-electron chi connectivity index (χ3n) is 3.45. The van der Waals surface area contributed by atoms with Crippen molar-refractivity contribution in [2.45, 2.75) is 46.7 Å². The quantitative estimate of drug-likeness (QED) is 0.208. The molecule has 0 saturated heterocycles. The van der Waals surface area contributed by atoms with E-state index in [0.29, 0.717) is 32.3 Å². The molecule has 3 N–H and O–H groups in total. The van der Waals surface area contributed by atoms with Crippen LogP contribution in [0.15, 0.2) is 23.2 Å². The Bertz CT molecular complexity index is 630. The molecular formula is C20H35IN4O3. The minimum Gasteiger partial charge on any atom is -0.491 e. The lowest BCUT2D eigenvalue weighted by Gasteiger charge is -2.21. The Hall–Kier alpha value is -1.55. The highest BCUT2D eigenvalue weighted by molar-refractivity contribution is 14.0. The number of hydrogen-bond donors (Lipinski definition) is 3. The van der Waals surface area contributed by atoms with E-state index in [1.165, 1.54) is 0 Å². The summed E-state index contributed by atoms with van der Waals surface area (Å²) in [5.41, 5.74) is 1.84. The van der Waals surface area contributed by atoms with Gasteiger partial charge in [0.15, 0.2) is 5.96 Å². The van der Waals surface area contributed by atoms with Crippen LogP contribution in [-0.2, 0) is 16.1 Å². The van der Waals surface area contributed by atoms with E-state index >= 15 is 0 Å². The normalized spacial score (nSPS) is 11.4. The zero-order valence-corrected chi connectivity index (χ0v) is 20.2. The van der Waals surface area contributed by atoms with Gasteiger partial charge in [0, 0.05) is 24.8 Å². The van der Waals surface area contributed by atoms with Crippen LogP contribution >= 0.6 is 24.0 Å². The predicted molar refractivity (Wildman–Crippen MR) is 125 cm³/mol. The van der Waals surface area contributed by atoms with Crippen LogP contribution in [-0.4, -0.2) is 50.8 Å². The third kappa shape index (κ3) is 11.3. The summed E-state index contributed by atoms with van der Waals surface area (Å²) in [6, 6.07) is 6.04. The van der Waals surface area contributed by atoms with Crippen LogP contribution < -0.4 is 20.7 Å². The highest BCUT2D eigenvalue weighted by Crippen LogP contribution is 2.21. The lowest BCUT2D eigenvalue weighted by Crippen LogP contribution is -2.48. The second-order valence-corrected chi connectivity index (χ2v) is 7.30. The standard InChI is InChI=1S/C20H34N4O3.HI/c1-7-21-19(23-14-18(25)24-20(3,4)5)22-13-16-9-8-15(2)12-17(16)27-11-10-26-6;/h8-9,12H,7,10-11,13-14H2,1-6H3,(H,24,25)(H2,21,22,23);1H. The first-order valence-electron chi connectivity index (χ1n) is 9.29. The third-order valence-corrected chi connectivity index (χ3v) is 3.45. The predicted octanol–water partition coefficient (Wildman–Crippen LogP) is 2.61. The smallest absolute Gasteiger partial charge is 0.239 e. The van der Waals surface area contributed by atoms with Crippen LogP contribution in [0.2, 0.25) is 0 Å². The first-order chi connectivity index (χ1) is 12.7. The van der Waals surface area contributed by atoms with E-state index in [9.17, 15) is 4.79 Å². The minimum absolute atomic E-state index is 0. The highest BCUT2D eigenvalue weighted by Gasteiger charge is 2.13. The van der Waals surface area contributed by atoms with E-state index in [0.717, 1.165) is 16.9 Å². The maximum Gasteiger partial charge on any atom is 0.239 e. The largest absolute Gasteiger partial charge is 0.491 e. The van der Waals surface area contributed by atoms with Crippen molar-refractivity contribution in [1.82, 2.24) is 16.0 Å². The number of aliphatic imine (C=N–C) groups is 1. The summed E-state index contributed by atoms with van der Waals surface area (Å²) < 4.78 is 10.8. The molecule has 7 nitrogen and oxygen atoms in total. The first kappa shape index (κ1) is 26.4. The highest BCUT2D eigenvalue weighted by atomic mass is 127. The van der Waals surface area contributed by atoms with E-state index < -0.39 is 0 Å². The maximum absolute atomic E-state index is 12.0. The number of methoxy groups -OCH3 is 1. The number of benzene rings is 1. The molecule has 0 bridgehead atoms. The number of nitrogens with zero attached hydrogens (tertiary/aromatic N) is 1. The van der Waals surface area contributed by atoms with Crippen LogP contribution in [0, 0.1) is 6.92 Å². The van der Waals surface area contributed by atoms with Gasteiger partial charge < -0.3 is 25.4 Å². The molecule has 0 saturated carbocycles. The van der Waals surface area contributed by atoms with Gasteiger partial charge in [0.1, 0.15) is 12.4 Å². The lowest BCUT2D eigenvalue weighted by molar-refractivity contribution is -0.121. The Kier molecular flexibility index (Phi) is 12.8. The Labute approximate surface area is 186 Å². The van der Waals surface area contributed by atoms with Gasteiger partial charge in [-0.25, -0.2) is 4.99 Å². The summed E-state index contributed by atoms with van der Waals surface area (Å²) in [6.45, 7) is 12.2. The maximum atomic E-state index is 12.0. The minimum atomic E-state index is -0.259. The molecule has 0 heterocycles. The fourth-order valence-electron chi connectivity index (χ4n) is 2.29. The van der Waals surface area contributed by atoms with Gasteiger partial charge in [0.25, 0.3) is 0 Å². The van der Waals surface area contributed by atoms with Gasteiger partial charge in [-0.2, -0.15) is 0 Å². The number of nitrogens with one attached hydrogen (secondary N) is 3. The molecule has 1 aromatic carbocycles. The van der Waals surface area contributed by atoms with Gasteiger partial charge in [-0.1, -0.05) is 12.1 Å². The summed E-state index contributed by atoms with van der Waals surface area (Å²) in [5.74, 6) is 1.31. The molecule has 0 aliphatic carbocycles. The number of ether oxygens (including phenoxy) is 2. The number of guanidine groups is 1. The molecule has 0 fully saturated rings. The van der Waals surface area contributed by atoms with Gasteiger partial charge in [-0.05, 0) is 46.2 Å². The van der Waals surface area contributed by atoms with E-state index in [1.807, 2.05) is 52.8 Å². The number of carbonyl (C=O) groups excluding carboxylic acids is 1.